The quantitative estimate of drug-likeness (QED) is 0.0365. The Labute approximate surface area is 564 Å². The van der Waals surface area contributed by atoms with Crippen LogP contribution in [0.15, 0.2) is 11.6 Å². The topological polar surface area (TPSA) is 553 Å². The lowest BCUT2D eigenvalue weighted by Gasteiger charge is -2.72. The molecule has 11 rings (SSSR count). The summed E-state index contributed by atoms with van der Waals surface area (Å²) in [5.41, 5.74) is -5.34. The Balaban J connectivity index is 0.788. The molecule has 0 spiro atoms. The van der Waals surface area contributed by atoms with E-state index in [4.69, 9.17) is 56.8 Å². The maximum absolute atomic E-state index is 15.5. The molecule has 11 aliphatic rings. The summed E-state index contributed by atoms with van der Waals surface area (Å²) in [4.78, 5) is 15.5. The van der Waals surface area contributed by atoms with E-state index in [1.165, 1.54) is 6.92 Å². The molecule has 98 heavy (non-hydrogen) atoms. The number of allylic oxidation sites excluding steroid dienone is 2. The van der Waals surface area contributed by atoms with E-state index in [1.54, 1.807) is 0 Å². The summed E-state index contributed by atoms with van der Waals surface area (Å²) in [5.74, 6) is -2.54. The molecule has 34 nitrogen and oxygen atoms in total. The Kier molecular flexibility index (Phi) is 22.8. The minimum atomic E-state index is -2.02. The van der Waals surface area contributed by atoms with Crippen molar-refractivity contribution in [3.05, 3.63) is 11.6 Å². The predicted octanol–water partition coefficient (Wildman–Crippen LogP) is -8.19. The van der Waals surface area contributed by atoms with Gasteiger partial charge in [-0.3, -0.25) is 4.79 Å². The number of rotatable bonds is 17. The van der Waals surface area contributed by atoms with Gasteiger partial charge in [0, 0.05) is 5.41 Å². The third-order valence-electron chi connectivity index (χ3n) is 25.0. The van der Waals surface area contributed by atoms with Crippen molar-refractivity contribution >= 4 is 5.97 Å². The van der Waals surface area contributed by atoms with E-state index in [0.717, 1.165) is 5.57 Å². The second-order valence-electron chi connectivity index (χ2n) is 31.1. The van der Waals surface area contributed by atoms with Gasteiger partial charge in [0.25, 0.3) is 0 Å². The van der Waals surface area contributed by atoms with Crippen LogP contribution in [-0.4, -0.2) is 350 Å². The van der Waals surface area contributed by atoms with Gasteiger partial charge in [-0.15, -0.1) is 0 Å². The first-order valence-electron chi connectivity index (χ1n) is 34.0. The summed E-state index contributed by atoms with van der Waals surface area (Å²) >= 11 is 0. The number of carbonyl (C=O) groups is 1. The molecule has 5 aliphatic carbocycles. The fourth-order valence-corrected chi connectivity index (χ4v) is 19.0. The van der Waals surface area contributed by atoms with Crippen molar-refractivity contribution in [2.75, 3.05) is 46.2 Å². The molecular weight excluding hydrogens is 1310 g/mol. The molecule has 2 unspecified atom stereocenters. The zero-order valence-corrected chi connectivity index (χ0v) is 55.5. The fraction of sp³-hybridized carbons (Fsp3) is 0.953. The Morgan fingerprint density at radius 2 is 1.01 bits per heavy atom. The Hall–Kier alpha value is -2.07. The van der Waals surface area contributed by atoms with Crippen LogP contribution in [0.3, 0.4) is 0 Å². The van der Waals surface area contributed by atoms with Gasteiger partial charge in [-0.1, -0.05) is 46.3 Å². The molecule has 6 aliphatic heterocycles. The molecule has 0 aromatic rings. The predicted molar refractivity (Wildman–Crippen MR) is 320 cm³/mol. The number of fused-ring (bicyclic) bond motifs is 7. The van der Waals surface area contributed by atoms with Gasteiger partial charge < -0.3 is 164 Å². The smallest absolute Gasteiger partial charge is 0.317 e. The Morgan fingerprint density at radius 1 is 0.500 bits per heavy atom. The summed E-state index contributed by atoms with van der Waals surface area (Å²) in [6.07, 6.45) is -48.7. The third-order valence-corrected chi connectivity index (χ3v) is 25.0. The van der Waals surface area contributed by atoms with Crippen LogP contribution >= 0.6 is 0 Å². The van der Waals surface area contributed by atoms with Crippen molar-refractivity contribution in [1.82, 2.24) is 0 Å². The summed E-state index contributed by atoms with van der Waals surface area (Å²) in [7, 11) is 0. The standard InChI is InChI=1S/C64H104O34/c1-23-49(95-54-44(81)35(72)27(69)17-87-54)43(80)48(85)55(91-23)96-50-36(73)28(70)18-88-57(50)98-58(86)64-12-11-59(2,3)13-25(64)24-7-8-32-60(4)14-26(68)51(63(21-66,22-67)33(60)9-10-61(32,5)62(24,6)15-34(64)71)97-56-47(84)42(79)39(76)31(94-56)20-90-53-46(83)41(78)38(75)30(93-53)19-89-52-45(82)40(77)37(74)29(16-65)92-52/h7,23,25-57,65-85H,8-22H2,1-6H3/t23-,25-,26-,27+,28-,29+,30+,31+,32?,33?,34+,35-,36-,37+,38+,39+,40-,41-,42-,43-,44+,45+,46+,47+,48+,49-,50+,51-,52+,53+,54-,55-,56-,57-,60+,61+,62+,64+/m0/s1. The van der Waals surface area contributed by atoms with E-state index in [-0.39, 0.29) is 30.6 Å². The molecule has 564 valence electrons. The average molecular weight is 1420 g/mol. The van der Waals surface area contributed by atoms with E-state index in [9.17, 15) is 107 Å². The number of hydrogen-bond acceptors (Lipinski definition) is 34. The van der Waals surface area contributed by atoms with Crippen molar-refractivity contribution in [3.8, 4) is 0 Å². The van der Waals surface area contributed by atoms with E-state index in [0.29, 0.717) is 32.1 Å². The average Bonchev–Trinajstić information content (AvgIpc) is 0.669. The molecule has 21 N–H and O–H groups in total. The molecule has 6 heterocycles. The molecule has 0 aromatic carbocycles. The largest absolute Gasteiger partial charge is 0.432 e. The van der Waals surface area contributed by atoms with Crippen LogP contribution in [0.5, 0.6) is 0 Å². The van der Waals surface area contributed by atoms with Crippen LogP contribution in [0.25, 0.3) is 0 Å². The number of carbonyl (C=O) groups excluding carboxylic acids is 1. The SMILES string of the molecule is C[C@@H]1O[C@@H](O[C@H]2[C@H](OC(=O)[C@]34CCC(C)(C)C[C@H]3C3=CCC5[C@@]6(C)C[C@H](O)[C@H](O[C@@H]7O[C@H](CO[C@@H]8O[C@H](CO[C@@H]9O[C@H](CO)[C@@H](O)[C@H](O)[C@H]9O)[C@@H](O)[C@H](O)[C@H]8O)[C@@H](O)[C@H](O)[C@H]7O)C(CO)(CO)C6CC[C@@]5(C)[C@]3(C)C[C@H]4O)OC[C@H](O)[C@@H]2O)[C@H](O)[C@H](O)[C@H]1O[C@@H]1OC[C@@H](O)[C@H](O)[C@H]1O. The second kappa shape index (κ2) is 29.0. The van der Waals surface area contributed by atoms with Gasteiger partial charge in [0.2, 0.25) is 6.29 Å². The van der Waals surface area contributed by atoms with E-state index < -0.39 is 281 Å². The molecule has 6 saturated heterocycles. The van der Waals surface area contributed by atoms with Crippen molar-refractivity contribution in [3.63, 3.8) is 0 Å². The van der Waals surface area contributed by atoms with Gasteiger partial charge in [-0.25, -0.2) is 0 Å². The summed E-state index contributed by atoms with van der Waals surface area (Å²) in [6, 6.07) is 0. The molecule has 0 bridgehead atoms. The highest BCUT2D eigenvalue weighted by Crippen LogP contribution is 2.76. The van der Waals surface area contributed by atoms with Gasteiger partial charge in [-0.05, 0) is 97.7 Å². The van der Waals surface area contributed by atoms with Crippen molar-refractivity contribution in [2.24, 2.45) is 50.2 Å². The fourth-order valence-electron chi connectivity index (χ4n) is 19.0. The van der Waals surface area contributed by atoms with Crippen LogP contribution in [0.4, 0.5) is 0 Å². The summed E-state index contributed by atoms with van der Waals surface area (Å²) in [6.45, 7) is 7.00. The first kappa shape index (κ1) is 77.0. The number of esters is 1. The summed E-state index contributed by atoms with van der Waals surface area (Å²) in [5, 5.41) is 232. The van der Waals surface area contributed by atoms with E-state index in [1.807, 2.05) is 6.92 Å². The van der Waals surface area contributed by atoms with Crippen LogP contribution < -0.4 is 0 Å². The van der Waals surface area contributed by atoms with Gasteiger partial charge in [-0.2, -0.15) is 0 Å². The Bertz CT molecular complexity index is 2750. The highest BCUT2D eigenvalue weighted by Gasteiger charge is 2.74. The highest BCUT2D eigenvalue weighted by atomic mass is 16.8. The zero-order valence-electron chi connectivity index (χ0n) is 55.5. The molecule has 10 fully saturated rings. The minimum absolute atomic E-state index is 0.0115. The van der Waals surface area contributed by atoms with E-state index in [2.05, 4.69) is 33.8 Å². The van der Waals surface area contributed by atoms with Crippen LogP contribution in [0.2, 0.25) is 0 Å². The minimum Gasteiger partial charge on any atom is -0.432 e. The van der Waals surface area contributed by atoms with Crippen molar-refractivity contribution in [1.29, 1.82) is 0 Å². The monoisotopic (exact) mass is 1420 g/mol. The maximum Gasteiger partial charge on any atom is 0.317 e. The number of aliphatic hydroxyl groups excluding tert-OH is 21. The first-order chi connectivity index (χ1) is 46.0. The van der Waals surface area contributed by atoms with Gasteiger partial charge in [0.05, 0.1) is 70.7 Å². The van der Waals surface area contributed by atoms with Crippen LogP contribution in [0.1, 0.15) is 92.9 Å². The normalized spacial score (nSPS) is 54.1. The van der Waals surface area contributed by atoms with Crippen LogP contribution in [-0.2, 0) is 61.6 Å². The number of hydrogen-bond donors (Lipinski definition) is 21. The van der Waals surface area contributed by atoms with Gasteiger partial charge in [0.1, 0.15) is 127 Å². The molecule has 4 saturated carbocycles. The number of aliphatic hydroxyl groups is 21. The zero-order chi connectivity index (χ0) is 71.6. The molecule has 0 aromatic heterocycles. The lowest BCUT2D eigenvalue weighted by molar-refractivity contribution is -0.369. The lowest BCUT2D eigenvalue weighted by Crippen LogP contribution is -2.71. The molecule has 0 amide bonds. The van der Waals surface area contributed by atoms with Crippen molar-refractivity contribution < 1.29 is 169 Å². The molecule has 34 heteroatoms. The van der Waals surface area contributed by atoms with Crippen molar-refractivity contribution in [2.45, 2.75) is 283 Å². The number of ether oxygens (including phenoxy) is 12. The first-order valence-corrected chi connectivity index (χ1v) is 34.0. The second-order valence-corrected chi connectivity index (χ2v) is 31.1. The van der Waals surface area contributed by atoms with Gasteiger partial charge in [0.15, 0.2) is 37.6 Å². The molecular formula is C64H104O34. The van der Waals surface area contributed by atoms with E-state index >= 15 is 4.79 Å². The third kappa shape index (κ3) is 13.0. The van der Waals surface area contributed by atoms with Gasteiger partial charge >= 0.3 is 5.97 Å². The maximum atomic E-state index is 15.5. The summed E-state index contributed by atoms with van der Waals surface area (Å²) < 4.78 is 70.0. The Morgan fingerprint density at radius 3 is 1.60 bits per heavy atom. The highest BCUT2D eigenvalue weighted by molar-refractivity contribution is 5.80. The lowest BCUT2D eigenvalue weighted by atomic mass is 9.33. The molecule has 38 atom stereocenters. The molecule has 0 radical (unpaired) electrons. The van der Waals surface area contributed by atoms with Crippen LogP contribution in [0, 0.1) is 50.2 Å².